The molecule has 0 saturated carbocycles. The van der Waals surface area contributed by atoms with Crippen molar-refractivity contribution in [3.05, 3.63) is 73.1 Å². The maximum absolute atomic E-state index is 12.8. The maximum Gasteiger partial charge on any atom is 0.262 e. The molecule has 3 aromatic carbocycles. The van der Waals surface area contributed by atoms with Crippen LogP contribution in [-0.4, -0.2) is 18.4 Å². The average Bonchev–Trinajstić information content (AvgIpc) is 2.61. The van der Waals surface area contributed by atoms with Crippen molar-refractivity contribution in [1.82, 2.24) is 9.97 Å². The molecule has 0 fully saturated rings. The van der Waals surface area contributed by atoms with E-state index in [0.29, 0.717) is 22.1 Å². The molecule has 1 aromatic heterocycles. The van der Waals surface area contributed by atoms with Crippen LogP contribution in [0.2, 0.25) is 0 Å². The van der Waals surface area contributed by atoms with Gasteiger partial charge in [-0.2, -0.15) is 0 Å². The molecule has 4 rings (SSSR count). The predicted octanol–water partition coefficient (Wildman–Crippen LogP) is 3.58. The fourth-order valence-electron chi connectivity index (χ4n) is 2.67. The Kier molecular flexibility index (Phi) is 3.39. The molecule has 0 radical (unpaired) electrons. The molecule has 24 heavy (non-hydrogen) atoms. The first-order chi connectivity index (χ1) is 11.6. The summed E-state index contributed by atoms with van der Waals surface area (Å²) >= 11 is 0. The van der Waals surface area contributed by atoms with Crippen molar-refractivity contribution in [2.24, 2.45) is 0 Å². The van der Waals surface area contributed by atoms with Gasteiger partial charge in [0.2, 0.25) is 0 Å². The van der Waals surface area contributed by atoms with E-state index in [2.05, 4.69) is 14.7 Å². The Labute approximate surface area is 139 Å². The lowest BCUT2D eigenvalue weighted by atomic mass is 10.1. The SMILES string of the molecule is O=S(=O)(Nc1ccc2nccnc2c1)c1cccc2ccccc12. The van der Waals surface area contributed by atoms with E-state index >= 15 is 0 Å². The largest absolute Gasteiger partial charge is 0.280 e. The van der Waals surface area contributed by atoms with E-state index in [9.17, 15) is 8.42 Å². The first kappa shape index (κ1) is 14.6. The Morgan fingerprint density at radius 1 is 0.792 bits per heavy atom. The van der Waals surface area contributed by atoms with E-state index in [1.807, 2.05) is 24.3 Å². The molecule has 0 unspecified atom stereocenters. The number of rotatable bonds is 3. The molecule has 1 heterocycles. The van der Waals surface area contributed by atoms with Gasteiger partial charge in [0.25, 0.3) is 10.0 Å². The minimum Gasteiger partial charge on any atom is -0.280 e. The minimum atomic E-state index is -3.71. The van der Waals surface area contributed by atoms with Crippen LogP contribution in [0.3, 0.4) is 0 Å². The topological polar surface area (TPSA) is 72.0 Å². The van der Waals surface area contributed by atoms with Crippen LogP contribution in [0, 0.1) is 0 Å². The highest BCUT2D eigenvalue weighted by atomic mass is 32.2. The highest BCUT2D eigenvalue weighted by Gasteiger charge is 2.17. The second-order valence-corrected chi connectivity index (χ2v) is 6.99. The second-order valence-electron chi connectivity index (χ2n) is 5.34. The van der Waals surface area contributed by atoms with Gasteiger partial charge in [0.15, 0.2) is 0 Å². The van der Waals surface area contributed by atoms with E-state index in [1.54, 1.807) is 48.8 Å². The molecule has 0 aliphatic carbocycles. The van der Waals surface area contributed by atoms with Gasteiger partial charge in [-0.15, -0.1) is 0 Å². The molecule has 0 saturated heterocycles. The molecule has 0 bridgehead atoms. The van der Waals surface area contributed by atoms with Gasteiger partial charge in [-0.05, 0) is 29.7 Å². The molecule has 118 valence electrons. The van der Waals surface area contributed by atoms with E-state index in [-0.39, 0.29) is 4.90 Å². The molecule has 0 aliphatic rings. The average molecular weight is 335 g/mol. The predicted molar refractivity (Wildman–Crippen MR) is 94.3 cm³/mol. The van der Waals surface area contributed by atoms with Crippen LogP contribution in [0.5, 0.6) is 0 Å². The van der Waals surface area contributed by atoms with Gasteiger partial charge in [0.1, 0.15) is 0 Å². The first-order valence-electron chi connectivity index (χ1n) is 7.35. The molecule has 0 atom stereocenters. The highest BCUT2D eigenvalue weighted by Crippen LogP contribution is 2.25. The highest BCUT2D eigenvalue weighted by molar-refractivity contribution is 7.93. The molecule has 6 heteroatoms. The molecular formula is C18H13N3O2S. The third-order valence-electron chi connectivity index (χ3n) is 3.76. The molecule has 4 aromatic rings. The Bertz CT molecular complexity index is 1150. The lowest BCUT2D eigenvalue weighted by Crippen LogP contribution is -2.13. The zero-order valence-electron chi connectivity index (χ0n) is 12.5. The molecule has 0 amide bonds. The van der Waals surface area contributed by atoms with E-state index < -0.39 is 10.0 Å². The van der Waals surface area contributed by atoms with E-state index in [4.69, 9.17) is 0 Å². The van der Waals surface area contributed by atoms with Crippen molar-refractivity contribution in [3.63, 3.8) is 0 Å². The third kappa shape index (κ3) is 2.57. The standard InChI is InChI=1S/C18H13N3O2S/c22-24(23,18-7-3-5-13-4-1-2-6-15(13)18)21-14-8-9-16-17(12-14)20-11-10-19-16/h1-12,21H. The first-order valence-corrected chi connectivity index (χ1v) is 8.83. The Morgan fingerprint density at radius 3 is 2.42 bits per heavy atom. The van der Waals surface area contributed by atoms with Gasteiger partial charge in [-0.25, -0.2) is 8.42 Å². The monoisotopic (exact) mass is 335 g/mol. The van der Waals surface area contributed by atoms with Crippen molar-refractivity contribution >= 4 is 37.5 Å². The van der Waals surface area contributed by atoms with Crippen LogP contribution in [0.1, 0.15) is 0 Å². The van der Waals surface area contributed by atoms with E-state index in [1.165, 1.54) is 0 Å². The van der Waals surface area contributed by atoms with Crippen molar-refractivity contribution in [2.75, 3.05) is 4.72 Å². The zero-order valence-corrected chi connectivity index (χ0v) is 13.4. The molecule has 1 N–H and O–H groups in total. The van der Waals surface area contributed by atoms with Crippen LogP contribution < -0.4 is 4.72 Å². The van der Waals surface area contributed by atoms with Gasteiger partial charge in [0, 0.05) is 17.8 Å². The number of nitrogens with one attached hydrogen (secondary N) is 1. The van der Waals surface area contributed by atoms with Crippen molar-refractivity contribution in [1.29, 1.82) is 0 Å². The Hall–Kier alpha value is -2.99. The Balaban J connectivity index is 1.79. The van der Waals surface area contributed by atoms with Gasteiger partial charge in [-0.3, -0.25) is 14.7 Å². The fourth-order valence-corrected chi connectivity index (χ4v) is 3.95. The summed E-state index contributed by atoms with van der Waals surface area (Å²) in [5.41, 5.74) is 1.80. The Morgan fingerprint density at radius 2 is 1.54 bits per heavy atom. The van der Waals surface area contributed by atoms with E-state index in [0.717, 1.165) is 5.39 Å². The van der Waals surface area contributed by atoms with Gasteiger partial charge < -0.3 is 0 Å². The number of anilines is 1. The van der Waals surface area contributed by atoms with Crippen LogP contribution in [-0.2, 0) is 10.0 Å². The summed E-state index contributed by atoms with van der Waals surface area (Å²) in [4.78, 5) is 8.63. The van der Waals surface area contributed by atoms with Gasteiger partial charge in [0.05, 0.1) is 21.6 Å². The number of benzene rings is 3. The molecular weight excluding hydrogens is 322 g/mol. The molecule has 0 aliphatic heterocycles. The number of aromatic nitrogens is 2. The van der Waals surface area contributed by atoms with Crippen LogP contribution in [0.4, 0.5) is 5.69 Å². The fraction of sp³-hybridized carbons (Fsp3) is 0. The summed E-state index contributed by atoms with van der Waals surface area (Å²) in [6.45, 7) is 0. The number of hydrogen-bond acceptors (Lipinski definition) is 4. The van der Waals surface area contributed by atoms with Crippen LogP contribution >= 0.6 is 0 Å². The van der Waals surface area contributed by atoms with Gasteiger partial charge >= 0.3 is 0 Å². The zero-order chi connectivity index (χ0) is 16.6. The number of nitrogens with zero attached hydrogens (tertiary/aromatic N) is 2. The number of fused-ring (bicyclic) bond motifs is 2. The number of hydrogen-bond donors (Lipinski definition) is 1. The van der Waals surface area contributed by atoms with Crippen molar-refractivity contribution in [3.8, 4) is 0 Å². The number of sulfonamides is 1. The third-order valence-corrected chi connectivity index (χ3v) is 5.20. The van der Waals surface area contributed by atoms with Crippen LogP contribution in [0.15, 0.2) is 78.0 Å². The summed E-state index contributed by atoms with van der Waals surface area (Å²) < 4.78 is 28.2. The summed E-state index contributed by atoms with van der Waals surface area (Å²) in [5.74, 6) is 0. The van der Waals surface area contributed by atoms with Gasteiger partial charge in [-0.1, -0.05) is 36.4 Å². The molecule has 5 nitrogen and oxygen atoms in total. The summed E-state index contributed by atoms with van der Waals surface area (Å²) in [5, 5.41) is 1.57. The maximum atomic E-state index is 12.8. The summed E-state index contributed by atoms with van der Waals surface area (Å²) in [6, 6.07) is 17.7. The smallest absolute Gasteiger partial charge is 0.262 e. The second kappa shape index (κ2) is 5.58. The minimum absolute atomic E-state index is 0.250. The van der Waals surface area contributed by atoms with Crippen molar-refractivity contribution in [2.45, 2.75) is 4.90 Å². The summed E-state index contributed by atoms with van der Waals surface area (Å²) in [7, 11) is -3.71. The van der Waals surface area contributed by atoms with Crippen molar-refractivity contribution < 1.29 is 8.42 Å². The molecule has 0 spiro atoms. The summed E-state index contributed by atoms with van der Waals surface area (Å²) in [6.07, 6.45) is 3.17. The lowest BCUT2D eigenvalue weighted by Gasteiger charge is -2.11. The normalized spacial score (nSPS) is 11.7. The lowest BCUT2D eigenvalue weighted by molar-refractivity contribution is 0.602. The quantitative estimate of drug-likeness (QED) is 0.621. The van der Waals surface area contributed by atoms with Crippen LogP contribution in [0.25, 0.3) is 21.8 Å².